The fourth-order valence-electron chi connectivity index (χ4n) is 2.70. The van der Waals surface area contributed by atoms with Crippen molar-refractivity contribution in [2.24, 2.45) is 5.92 Å². The first-order valence-corrected chi connectivity index (χ1v) is 5.80. The van der Waals surface area contributed by atoms with Crippen LogP contribution in [0, 0.1) is 5.92 Å². The van der Waals surface area contributed by atoms with Crippen LogP contribution in [0.15, 0.2) is 11.1 Å². The molecular formula is C12H21N. The lowest BCUT2D eigenvalue weighted by Gasteiger charge is -2.24. The second-order valence-corrected chi connectivity index (χ2v) is 4.50. The summed E-state index contributed by atoms with van der Waals surface area (Å²) in [6.45, 7) is 4.74. The van der Waals surface area contributed by atoms with Crippen LogP contribution in [-0.4, -0.2) is 13.1 Å². The fourth-order valence-corrected chi connectivity index (χ4v) is 2.70. The van der Waals surface area contributed by atoms with Gasteiger partial charge in [0.15, 0.2) is 0 Å². The molecule has 1 N–H and O–H groups in total. The third-order valence-electron chi connectivity index (χ3n) is 3.65. The van der Waals surface area contributed by atoms with Crippen molar-refractivity contribution in [2.75, 3.05) is 13.1 Å². The molecule has 0 radical (unpaired) electrons. The molecule has 1 aliphatic carbocycles. The first kappa shape index (κ1) is 9.26. The largest absolute Gasteiger partial charge is 0.313 e. The van der Waals surface area contributed by atoms with Gasteiger partial charge in [0.1, 0.15) is 0 Å². The minimum atomic E-state index is 0.997. The van der Waals surface area contributed by atoms with E-state index in [2.05, 4.69) is 12.2 Å². The summed E-state index contributed by atoms with van der Waals surface area (Å²) in [5.41, 5.74) is 3.56. The lowest BCUT2D eigenvalue weighted by atomic mass is 9.82. The summed E-state index contributed by atoms with van der Waals surface area (Å²) in [5.74, 6) is 0.997. The lowest BCUT2D eigenvalue weighted by molar-refractivity contribution is 0.404. The summed E-state index contributed by atoms with van der Waals surface area (Å²) in [6, 6.07) is 0. The summed E-state index contributed by atoms with van der Waals surface area (Å²) >= 11 is 0. The summed E-state index contributed by atoms with van der Waals surface area (Å²) in [5, 5.41) is 3.44. The molecule has 0 amide bonds. The Morgan fingerprint density at radius 1 is 1.31 bits per heavy atom. The minimum absolute atomic E-state index is 0.997. The van der Waals surface area contributed by atoms with Crippen LogP contribution in [-0.2, 0) is 0 Å². The average Bonchev–Trinajstić information content (AvgIpc) is 2.71. The van der Waals surface area contributed by atoms with Crippen LogP contribution in [0.25, 0.3) is 0 Å². The topological polar surface area (TPSA) is 12.0 Å². The van der Waals surface area contributed by atoms with E-state index in [-0.39, 0.29) is 0 Å². The van der Waals surface area contributed by atoms with E-state index in [1.54, 1.807) is 5.57 Å². The molecule has 13 heavy (non-hydrogen) atoms. The van der Waals surface area contributed by atoms with Gasteiger partial charge in [0, 0.05) is 6.54 Å². The predicted octanol–water partition coefficient (Wildman–Crippen LogP) is 2.88. The van der Waals surface area contributed by atoms with Crippen molar-refractivity contribution in [3.05, 3.63) is 11.1 Å². The van der Waals surface area contributed by atoms with E-state index in [0.717, 1.165) is 5.92 Å². The van der Waals surface area contributed by atoms with Crippen molar-refractivity contribution in [2.45, 2.75) is 45.4 Å². The molecule has 0 spiro atoms. The molecule has 0 aromatic heterocycles. The SMILES string of the molecule is CCC1CCCC(=C2CCNC2)C1. The normalized spacial score (nSPS) is 35.3. The van der Waals surface area contributed by atoms with Crippen molar-refractivity contribution in [1.29, 1.82) is 0 Å². The Labute approximate surface area is 81.6 Å². The highest BCUT2D eigenvalue weighted by Gasteiger charge is 2.19. The minimum Gasteiger partial charge on any atom is -0.313 e. The standard InChI is InChI=1S/C12H21N/c1-2-10-4-3-5-11(8-10)12-6-7-13-9-12/h10,13H,2-9H2,1H3. The predicted molar refractivity (Wildman–Crippen MR) is 56.8 cm³/mol. The Morgan fingerprint density at radius 2 is 2.23 bits per heavy atom. The lowest BCUT2D eigenvalue weighted by Crippen LogP contribution is -2.11. The molecule has 0 aromatic carbocycles. The van der Waals surface area contributed by atoms with Crippen molar-refractivity contribution in [3.63, 3.8) is 0 Å². The van der Waals surface area contributed by atoms with Gasteiger partial charge in [-0.1, -0.05) is 24.5 Å². The van der Waals surface area contributed by atoms with Crippen LogP contribution in [0.1, 0.15) is 45.4 Å². The molecule has 2 aliphatic rings. The van der Waals surface area contributed by atoms with Gasteiger partial charge in [0.25, 0.3) is 0 Å². The Kier molecular flexibility index (Phi) is 3.05. The maximum atomic E-state index is 3.44. The molecule has 1 saturated heterocycles. The van der Waals surface area contributed by atoms with Crippen LogP contribution < -0.4 is 5.32 Å². The van der Waals surface area contributed by atoms with Gasteiger partial charge in [-0.25, -0.2) is 0 Å². The molecule has 1 saturated carbocycles. The Bertz CT molecular complexity index is 197. The molecule has 2 rings (SSSR count). The highest BCUT2D eigenvalue weighted by molar-refractivity contribution is 5.20. The second kappa shape index (κ2) is 4.28. The van der Waals surface area contributed by atoms with Crippen LogP contribution >= 0.6 is 0 Å². The Hall–Kier alpha value is -0.300. The number of nitrogens with one attached hydrogen (secondary N) is 1. The van der Waals surface area contributed by atoms with E-state index >= 15 is 0 Å². The summed E-state index contributed by atoms with van der Waals surface area (Å²) in [7, 11) is 0. The van der Waals surface area contributed by atoms with Gasteiger partial charge >= 0.3 is 0 Å². The first-order valence-electron chi connectivity index (χ1n) is 5.80. The summed E-state index contributed by atoms with van der Waals surface area (Å²) in [4.78, 5) is 0. The molecular weight excluding hydrogens is 158 g/mol. The van der Waals surface area contributed by atoms with E-state index < -0.39 is 0 Å². The number of hydrogen-bond donors (Lipinski definition) is 1. The summed E-state index contributed by atoms with van der Waals surface area (Å²) in [6.07, 6.45) is 8.43. The van der Waals surface area contributed by atoms with Crippen LogP contribution in [0.5, 0.6) is 0 Å². The van der Waals surface area contributed by atoms with Gasteiger partial charge in [-0.2, -0.15) is 0 Å². The van der Waals surface area contributed by atoms with Crippen molar-refractivity contribution in [1.82, 2.24) is 5.32 Å². The molecule has 1 unspecified atom stereocenters. The molecule has 1 heterocycles. The van der Waals surface area contributed by atoms with Gasteiger partial charge in [-0.15, -0.1) is 0 Å². The third kappa shape index (κ3) is 2.14. The van der Waals surface area contributed by atoms with E-state index in [9.17, 15) is 0 Å². The second-order valence-electron chi connectivity index (χ2n) is 4.50. The molecule has 1 nitrogen and oxygen atoms in total. The summed E-state index contributed by atoms with van der Waals surface area (Å²) < 4.78 is 0. The zero-order valence-electron chi connectivity index (χ0n) is 8.73. The number of rotatable bonds is 1. The van der Waals surface area contributed by atoms with Crippen molar-refractivity contribution >= 4 is 0 Å². The highest BCUT2D eigenvalue weighted by atomic mass is 14.9. The monoisotopic (exact) mass is 179 g/mol. The Morgan fingerprint density at radius 3 is 2.92 bits per heavy atom. The first-order chi connectivity index (χ1) is 6.40. The highest BCUT2D eigenvalue weighted by Crippen LogP contribution is 2.33. The van der Waals surface area contributed by atoms with Crippen LogP contribution in [0.4, 0.5) is 0 Å². The average molecular weight is 179 g/mol. The van der Waals surface area contributed by atoms with E-state index in [4.69, 9.17) is 0 Å². The maximum Gasteiger partial charge on any atom is 0.0167 e. The molecule has 1 aliphatic heterocycles. The molecule has 2 fully saturated rings. The van der Waals surface area contributed by atoms with Gasteiger partial charge < -0.3 is 5.32 Å². The third-order valence-corrected chi connectivity index (χ3v) is 3.65. The van der Waals surface area contributed by atoms with Crippen LogP contribution in [0.3, 0.4) is 0 Å². The zero-order chi connectivity index (χ0) is 9.10. The number of allylic oxidation sites excluding steroid dienone is 1. The Balaban J connectivity index is 2.01. The van der Waals surface area contributed by atoms with Crippen molar-refractivity contribution < 1.29 is 0 Å². The van der Waals surface area contributed by atoms with E-state index in [1.165, 1.54) is 51.6 Å². The molecule has 1 atom stereocenters. The smallest absolute Gasteiger partial charge is 0.0167 e. The fraction of sp³-hybridized carbons (Fsp3) is 0.833. The van der Waals surface area contributed by atoms with Gasteiger partial charge in [-0.3, -0.25) is 0 Å². The van der Waals surface area contributed by atoms with E-state index in [0.29, 0.717) is 0 Å². The van der Waals surface area contributed by atoms with Gasteiger partial charge in [0.05, 0.1) is 0 Å². The molecule has 0 aromatic rings. The molecule has 0 bridgehead atoms. The molecule has 74 valence electrons. The van der Waals surface area contributed by atoms with Gasteiger partial charge in [0.2, 0.25) is 0 Å². The molecule has 1 heteroatoms. The maximum absolute atomic E-state index is 3.44. The number of hydrogen-bond acceptors (Lipinski definition) is 1. The zero-order valence-corrected chi connectivity index (χ0v) is 8.73. The van der Waals surface area contributed by atoms with E-state index in [1.807, 2.05) is 5.57 Å². The van der Waals surface area contributed by atoms with Crippen LogP contribution in [0.2, 0.25) is 0 Å². The quantitative estimate of drug-likeness (QED) is 0.610. The van der Waals surface area contributed by atoms with Gasteiger partial charge in [-0.05, 0) is 44.6 Å². The van der Waals surface area contributed by atoms with Crippen molar-refractivity contribution in [3.8, 4) is 0 Å².